The van der Waals surface area contributed by atoms with E-state index in [1.807, 2.05) is 0 Å². The van der Waals surface area contributed by atoms with E-state index in [9.17, 15) is 10.1 Å². The van der Waals surface area contributed by atoms with Crippen LogP contribution < -0.4 is 5.32 Å². The monoisotopic (exact) mass is 255 g/mol. The Labute approximate surface area is 110 Å². The van der Waals surface area contributed by atoms with Crippen molar-refractivity contribution < 1.29 is 4.92 Å². The molecule has 1 aromatic heterocycles. The molecular formula is C14H13N3O2. The van der Waals surface area contributed by atoms with Gasteiger partial charge in [-0.15, -0.1) is 12.3 Å². The van der Waals surface area contributed by atoms with Crippen molar-refractivity contribution in [1.29, 1.82) is 0 Å². The maximum Gasteiger partial charge on any atom is 0.278 e. The number of nitro groups is 1. The molecule has 19 heavy (non-hydrogen) atoms. The molecular weight excluding hydrogens is 242 g/mol. The molecule has 5 heteroatoms. The number of unbranched alkanes of at least 4 members (excludes halogenated alkanes) is 1. The molecule has 0 fully saturated rings. The summed E-state index contributed by atoms with van der Waals surface area (Å²) in [7, 11) is 0. The zero-order valence-corrected chi connectivity index (χ0v) is 10.3. The van der Waals surface area contributed by atoms with Crippen LogP contribution in [0.5, 0.6) is 0 Å². The van der Waals surface area contributed by atoms with Crippen molar-refractivity contribution in [3.8, 4) is 12.3 Å². The maximum absolute atomic E-state index is 11.0. The first-order valence-corrected chi connectivity index (χ1v) is 5.93. The highest BCUT2D eigenvalue weighted by atomic mass is 16.6. The van der Waals surface area contributed by atoms with Crippen LogP contribution in [0.1, 0.15) is 12.8 Å². The third kappa shape index (κ3) is 2.80. The zero-order valence-electron chi connectivity index (χ0n) is 10.3. The highest BCUT2D eigenvalue weighted by Gasteiger charge is 2.14. The number of pyridine rings is 1. The normalized spacial score (nSPS) is 10.1. The molecule has 1 N–H and O–H groups in total. The van der Waals surface area contributed by atoms with Crippen LogP contribution in [0.25, 0.3) is 10.9 Å². The standard InChI is InChI=1S/C14H13N3O2/c1-2-3-4-9-15-12-7-8-13(17(18)19)11-6-5-10-16-14(11)12/h1,5-8,10,15H,3-4,9H2. The lowest BCUT2D eigenvalue weighted by molar-refractivity contribution is -0.383. The molecule has 0 saturated heterocycles. The molecule has 0 aliphatic rings. The molecule has 2 rings (SSSR count). The van der Waals surface area contributed by atoms with E-state index in [4.69, 9.17) is 6.42 Å². The lowest BCUT2D eigenvalue weighted by Gasteiger charge is -2.08. The second kappa shape index (κ2) is 5.83. The summed E-state index contributed by atoms with van der Waals surface area (Å²) in [5.41, 5.74) is 1.47. The molecule has 1 aromatic carbocycles. The molecule has 0 spiro atoms. The summed E-state index contributed by atoms with van der Waals surface area (Å²) < 4.78 is 0. The van der Waals surface area contributed by atoms with Crippen LogP contribution in [-0.2, 0) is 0 Å². The van der Waals surface area contributed by atoms with Gasteiger partial charge in [0.15, 0.2) is 0 Å². The highest BCUT2D eigenvalue weighted by Crippen LogP contribution is 2.29. The molecule has 0 aliphatic carbocycles. The molecule has 0 aliphatic heterocycles. The molecule has 1 heterocycles. The predicted molar refractivity (Wildman–Crippen MR) is 75.0 cm³/mol. The first-order chi connectivity index (χ1) is 9.24. The van der Waals surface area contributed by atoms with E-state index in [1.54, 1.807) is 24.4 Å². The Hall–Kier alpha value is -2.61. The Kier molecular flexibility index (Phi) is 3.94. The van der Waals surface area contributed by atoms with Gasteiger partial charge in [-0.25, -0.2) is 0 Å². The van der Waals surface area contributed by atoms with Gasteiger partial charge in [0.2, 0.25) is 0 Å². The average Bonchev–Trinajstić information content (AvgIpc) is 2.43. The fourth-order valence-corrected chi connectivity index (χ4v) is 1.87. The molecule has 5 nitrogen and oxygen atoms in total. The zero-order chi connectivity index (χ0) is 13.7. The summed E-state index contributed by atoms with van der Waals surface area (Å²) in [6.07, 6.45) is 8.36. The number of rotatable bonds is 5. The molecule has 2 aromatic rings. The number of anilines is 1. The van der Waals surface area contributed by atoms with Gasteiger partial charge in [-0.3, -0.25) is 15.1 Å². The molecule has 0 saturated carbocycles. The minimum absolute atomic E-state index is 0.0669. The molecule has 0 atom stereocenters. The number of non-ortho nitro benzene ring substituents is 1. The van der Waals surface area contributed by atoms with E-state index < -0.39 is 4.92 Å². The molecule has 0 amide bonds. The van der Waals surface area contributed by atoms with E-state index in [0.29, 0.717) is 23.9 Å². The summed E-state index contributed by atoms with van der Waals surface area (Å²) >= 11 is 0. The van der Waals surface area contributed by atoms with Crippen molar-refractivity contribution >= 4 is 22.3 Å². The van der Waals surface area contributed by atoms with Crippen LogP contribution in [0.15, 0.2) is 30.5 Å². The van der Waals surface area contributed by atoms with Gasteiger partial charge in [0, 0.05) is 25.2 Å². The predicted octanol–water partition coefficient (Wildman–Crippen LogP) is 2.97. The lowest BCUT2D eigenvalue weighted by atomic mass is 10.1. The smallest absolute Gasteiger partial charge is 0.278 e. The fourth-order valence-electron chi connectivity index (χ4n) is 1.87. The Balaban J connectivity index is 2.33. The van der Waals surface area contributed by atoms with Crippen LogP contribution >= 0.6 is 0 Å². The number of benzene rings is 1. The van der Waals surface area contributed by atoms with Gasteiger partial charge in [-0.2, -0.15) is 0 Å². The number of hydrogen-bond acceptors (Lipinski definition) is 4. The van der Waals surface area contributed by atoms with Crippen LogP contribution in [0.2, 0.25) is 0 Å². The summed E-state index contributed by atoms with van der Waals surface area (Å²) in [5.74, 6) is 2.57. The van der Waals surface area contributed by atoms with Gasteiger partial charge in [0.05, 0.1) is 16.0 Å². The summed E-state index contributed by atoms with van der Waals surface area (Å²) in [6.45, 7) is 0.716. The van der Waals surface area contributed by atoms with Crippen LogP contribution in [0.3, 0.4) is 0 Å². The second-order valence-corrected chi connectivity index (χ2v) is 4.02. The van der Waals surface area contributed by atoms with Gasteiger partial charge in [-0.1, -0.05) is 0 Å². The third-order valence-electron chi connectivity index (χ3n) is 2.76. The number of nitrogens with zero attached hydrogens (tertiary/aromatic N) is 2. The number of terminal acetylenes is 1. The highest BCUT2D eigenvalue weighted by molar-refractivity contribution is 5.96. The van der Waals surface area contributed by atoms with E-state index in [1.165, 1.54) is 6.07 Å². The molecule has 0 radical (unpaired) electrons. The summed E-state index contributed by atoms with van der Waals surface area (Å²) in [5, 5.41) is 14.7. The topological polar surface area (TPSA) is 68.1 Å². The minimum atomic E-state index is -0.397. The van der Waals surface area contributed by atoms with E-state index in [2.05, 4.69) is 16.2 Å². The van der Waals surface area contributed by atoms with Crippen molar-refractivity contribution in [3.05, 3.63) is 40.6 Å². The quantitative estimate of drug-likeness (QED) is 0.386. The van der Waals surface area contributed by atoms with E-state index in [-0.39, 0.29) is 5.69 Å². The van der Waals surface area contributed by atoms with Gasteiger partial charge in [0.25, 0.3) is 5.69 Å². The molecule has 0 bridgehead atoms. The summed E-state index contributed by atoms with van der Waals surface area (Å²) in [4.78, 5) is 14.8. The van der Waals surface area contributed by atoms with Gasteiger partial charge < -0.3 is 5.32 Å². The number of aromatic nitrogens is 1. The molecule has 0 unspecified atom stereocenters. The van der Waals surface area contributed by atoms with Crippen molar-refractivity contribution in [1.82, 2.24) is 4.98 Å². The van der Waals surface area contributed by atoms with Crippen molar-refractivity contribution in [2.45, 2.75) is 12.8 Å². The van der Waals surface area contributed by atoms with E-state index in [0.717, 1.165) is 12.1 Å². The Morgan fingerprint density at radius 2 is 2.26 bits per heavy atom. The average molecular weight is 255 g/mol. The minimum Gasteiger partial charge on any atom is -0.383 e. The Bertz CT molecular complexity index is 647. The SMILES string of the molecule is C#CCCCNc1ccc([N+](=O)[O-])c2cccnc12. The van der Waals surface area contributed by atoms with E-state index >= 15 is 0 Å². The fraction of sp³-hybridized carbons (Fsp3) is 0.214. The van der Waals surface area contributed by atoms with Crippen molar-refractivity contribution in [2.24, 2.45) is 0 Å². The van der Waals surface area contributed by atoms with Gasteiger partial charge in [-0.05, 0) is 24.6 Å². The van der Waals surface area contributed by atoms with Crippen molar-refractivity contribution in [3.63, 3.8) is 0 Å². The van der Waals surface area contributed by atoms with Crippen LogP contribution in [0.4, 0.5) is 11.4 Å². The number of nitrogens with one attached hydrogen (secondary N) is 1. The number of fused-ring (bicyclic) bond motifs is 1. The number of nitro benzene ring substituents is 1. The van der Waals surface area contributed by atoms with Crippen LogP contribution in [0, 0.1) is 22.5 Å². The first-order valence-electron chi connectivity index (χ1n) is 5.93. The lowest BCUT2D eigenvalue weighted by Crippen LogP contribution is -2.03. The Morgan fingerprint density at radius 3 is 3.00 bits per heavy atom. The third-order valence-corrected chi connectivity index (χ3v) is 2.76. The number of hydrogen-bond donors (Lipinski definition) is 1. The van der Waals surface area contributed by atoms with Gasteiger partial charge >= 0.3 is 0 Å². The molecule has 96 valence electrons. The van der Waals surface area contributed by atoms with Crippen LogP contribution in [-0.4, -0.2) is 16.5 Å². The maximum atomic E-state index is 11.0. The first kappa shape index (κ1) is 12.8. The summed E-state index contributed by atoms with van der Waals surface area (Å²) in [6, 6.07) is 6.57. The Morgan fingerprint density at radius 1 is 1.42 bits per heavy atom. The van der Waals surface area contributed by atoms with Gasteiger partial charge in [0.1, 0.15) is 5.52 Å². The second-order valence-electron chi connectivity index (χ2n) is 4.02. The van der Waals surface area contributed by atoms with Crippen molar-refractivity contribution in [2.75, 3.05) is 11.9 Å². The largest absolute Gasteiger partial charge is 0.383 e.